The number of halogens is 3. The minimum Gasteiger partial charge on any atom is -0.352 e. The summed E-state index contributed by atoms with van der Waals surface area (Å²) in [5.74, 6) is 0.586. The standard InChI is InChI=1S/C24H29Cl3N2O2S/c1-4-16(3)28-24(31)22(5-2)29(13-17-6-9-19(25)10-7-17)23(30)15-32-14-18-8-11-20(26)12-21(18)27/h6-12,16,22H,4-5,13-15H2,1-3H3,(H,28,31)/t16-,22-/m1/s1. The third-order valence-corrected chi connectivity index (χ3v) is 6.96. The molecule has 8 heteroatoms. The second kappa shape index (κ2) is 13.3. The molecule has 174 valence electrons. The Labute approximate surface area is 210 Å². The van der Waals surface area contributed by atoms with Crippen molar-refractivity contribution in [1.82, 2.24) is 10.2 Å². The summed E-state index contributed by atoms with van der Waals surface area (Å²) in [7, 11) is 0. The molecule has 0 unspecified atom stereocenters. The zero-order valence-electron chi connectivity index (χ0n) is 18.5. The molecule has 0 radical (unpaired) electrons. The van der Waals surface area contributed by atoms with Gasteiger partial charge in [-0.3, -0.25) is 9.59 Å². The lowest BCUT2D eigenvalue weighted by atomic mass is 10.1. The Hall–Kier alpha value is -1.40. The molecule has 2 atom stereocenters. The highest BCUT2D eigenvalue weighted by atomic mass is 35.5. The van der Waals surface area contributed by atoms with Crippen LogP contribution in [0.3, 0.4) is 0 Å². The Kier molecular flexibility index (Phi) is 11.2. The maximum Gasteiger partial charge on any atom is 0.243 e. The van der Waals surface area contributed by atoms with E-state index in [4.69, 9.17) is 34.8 Å². The van der Waals surface area contributed by atoms with E-state index < -0.39 is 6.04 Å². The molecule has 4 nitrogen and oxygen atoms in total. The maximum absolute atomic E-state index is 13.2. The largest absolute Gasteiger partial charge is 0.352 e. The average molecular weight is 516 g/mol. The van der Waals surface area contributed by atoms with E-state index in [1.165, 1.54) is 11.8 Å². The van der Waals surface area contributed by atoms with Crippen LogP contribution in [-0.4, -0.2) is 34.6 Å². The van der Waals surface area contributed by atoms with Crippen molar-refractivity contribution in [1.29, 1.82) is 0 Å². The van der Waals surface area contributed by atoms with Crippen LogP contribution < -0.4 is 5.32 Å². The highest BCUT2D eigenvalue weighted by Gasteiger charge is 2.29. The van der Waals surface area contributed by atoms with Gasteiger partial charge in [-0.25, -0.2) is 0 Å². The fourth-order valence-corrected chi connectivity index (χ4v) is 4.71. The van der Waals surface area contributed by atoms with Crippen molar-refractivity contribution in [2.24, 2.45) is 0 Å². The molecule has 0 heterocycles. The summed E-state index contributed by atoms with van der Waals surface area (Å²) in [6.07, 6.45) is 1.35. The molecular formula is C24H29Cl3N2O2S. The molecule has 0 bridgehead atoms. The SMILES string of the molecule is CC[C@@H](C)NC(=O)[C@@H](CC)N(Cc1ccc(Cl)cc1)C(=O)CSCc1ccc(Cl)cc1Cl. The van der Waals surface area contributed by atoms with Crippen LogP contribution in [0.4, 0.5) is 0 Å². The number of carbonyl (C=O) groups is 2. The smallest absolute Gasteiger partial charge is 0.243 e. The van der Waals surface area contributed by atoms with Gasteiger partial charge in [0, 0.05) is 33.4 Å². The van der Waals surface area contributed by atoms with E-state index in [9.17, 15) is 9.59 Å². The second-order valence-electron chi connectivity index (χ2n) is 7.62. The number of rotatable bonds is 11. The number of hydrogen-bond acceptors (Lipinski definition) is 3. The van der Waals surface area contributed by atoms with Gasteiger partial charge in [0.1, 0.15) is 6.04 Å². The van der Waals surface area contributed by atoms with Gasteiger partial charge in [-0.1, -0.05) is 66.8 Å². The van der Waals surface area contributed by atoms with E-state index >= 15 is 0 Å². The van der Waals surface area contributed by atoms with Crippen LogP contribution in [0.1, 0.15) is 44.7 Å². The summed E-state index contributed by atoms with van der Waals surface area (Å²) in [6, 6.07) is 12.2. The van der Waals surface area contributed by atoms with Crippen LogP contribution in [0.15, 0.2) is 42.5 Å². The number of carbonyl (C=O) groups excluding carboxylic acids is 2. The highest BCUT2D eigenvalue weighted by molar-refractivity contribution is 7.99. The molecule has 2 aromatic carbocycles. The zero-order chi connectivity index (χ0) is 23.7. The summed E-state index contributed by atoms with van der Waals surface area (Å²) in [4.78, 5) is 27.9. The maximum atomic E-state index is 13.2. The van der Waals surface area contributed by atoms with Crippen LogP contribution in [0.25, 0.3) is 0 Å². The molecule has 0 aliphatic heterocycles. The molecule has 32 heavy (non-hydrogen) atoms. The Morgan fingerprint density at radius 3 is 2.25 bits per heavy atom. The lowest BCUT2D eigenvalue weighted by Gasteiger charge is -2.31. The van der Waals surface area contributed by atoms with Crippen LogP contribution in [-0.2, 0) is 21.9 Å². The monoisotopic (exact) mass is 514 g/mol. The topological polar surface area (TPSA) is 49.4 Å². The first-order valence-electron chi connectivity index (χ1n) is 10.6. The number of amides is 2. The summed E-state index contributed by atoms with van der Waals surface area (Å²) < 4.78 is 0. The predicted molar refractivity (Wildman–Crippen MR) is 137 cm³/mol. The Balaban J connectivity index is 2.14. The first-order chi connectivity index (χ1) is 15.2. The zero-order valence-corrected chi connectivity index (χ0v) is 21.6. The molecule has 2 amide bonds. The summed E-state index contributed by atoms with van der Waals surface area (Å²) in [6.45, 7) is 6.23. The molecule has 0 saturated carbocycles. The van der Waals surface area contributed by atoms with Gasteiger partial charge < -0.3 is 10.2 Å². The molecule has 2 rings (SSSR count). The first-order valence-corrected chi connectivity index (χ1v) is 12.9. The van der Waals surface area contributed by atoms with E-state index in [-0.39, 0.29) is 23.6 Å². The Morgan fingerprint density at radius 2 is 1.66 bits per heavy atom. The summed E-state index contributed by atoms with van der Waals surface area (Å²) >= 11 is 19.7. The predicted octanol–water partition coefficient (Wildman–Crippen LogP) is 6.60. The molecule has 0 aliphatic rings. The van der Waals surface area contributed by atoms with Gasteiger partial charge in [0.05, 0.1) is 5.75 Å². The van der Waals surface area contributed by atoms with Crippen molar-refractivity contribution < 1.29 is 9.59 Å². The van der Waals surface area contributed by atoms with Gasteiger partial charge in [0.2, 0.25) is 11.8 Å². The van der Waals surface area contributed by atoms with Crippen molar-refractivity contribution in [3.05, 3.63) is 68.7 Å². The third-order valence-electron chi connectivity index (χ3n) is 5.15. The number of nitrogens with zero attached hydrogens (tertiary/aromatic N) is 1. The van der Waals surface area contributed by atoms with Gasteiger partial charge in [-0.05, 0) is 55.2 Å². The second-order valence-corrected chi connectivity index (χ2v) is 9.88. The van der Waals surface area contributed by atoms with E-state index in [2.05, 4.69) is 5.32 Å². The summed E-state index contributed by atoms with van der Waals surface area (Å²) in [5.41, 5.74) is 1.84. The van der Waals surface area contributed by atoms with Crippen LogP contribution in [0, 0.1) is 0 Å². The lowest BCUT2D eigenvalue weighted by molar-refractivity contribution is -0.139. The fraction of sp³-hybridized carbons (Fsp3) is 0.417. The molecule has 1 N–H and O–H groups in total. The lowest BCUT2D eigenvalue weighted by Crippen LogP contribution is -2.51. The van der Waals surface area contributed by atoms with Crippen molar-refractivity contribution in [3.63, 3.8) is 0 Å². The Bertz CT molecular complexity index is 909. The third kappa shape index (κ3) is 8.18. The molecule has 0 spiro atoms. The molecular weight excluding hydrogens is 487 g/mol. The van der Waals surface area contributed by atoms with Crippen LogP contribution >= 0.6 is 46.6 Å². The van der Waals surface area contributed by atoms with Crippen molar-refractivity contribution in [3.8, 4) is 0 Å². The molecule has 0 aliphatic carbocycles. The highest BCUT2D eigenvalue weighted by Crippen LogP contribution is 2.25. The van der Waals surface area contributed by atoms with Gasteiger partial charge in [0.15, 0.2) is 0 Å². The van der Waals surface area contributed by atoms with Gasteiger partial charge >= 0.3 is 0 Å². The van der Waals surface area contributed by atoms with E-state index in [0.717, 1.165) is 17.5 Å². The van der Waals surface area contributed by atoms with E-state index in [1.54, 1.807) is 29.2 Å². The van der Waals surface area contributed by atoms with Gasteiger partial charge in [0.25, 0.3) is 0 Å². The average Bonchev–Trinajstić information content (AvgIpc) is 2.76. The quantitative estimate of drug-likeness (QED) is 0.367. The molecule has 0 fully saturated rings. The van der Waals surface area contributed by atoms with Crippen molar-refractivity contribution >= 4 is 58.4 Å². The minimum absolute atomic E-state index is 0.0467. The number of benzene rings is 2. The van der Waals surface area contributed by atoms with Crippen molar-refractivity contribution in [2.75, 3.05) is 5.75 Å². The van der Waals surface area contributed by atoms with Gasteiger partial charge in [-0.15, -0.1) is 11.8 Å². The van der Waals surface area contributed by atoms with Gasteiger partial charge in [-0.2, -0.15) is 0 Å². The van der Waals surface area contributed by atoms with Crippen LogP contribution in [0.5, 0.6) is 0 Å². The molecule has 0 aromatic heterocycles. The van der Waals surface area contributed by atoms with E-state index in [0.29, 0.717) is 33.8 Å². The fourth-order valence-electron chi connectivity index (χ4n) is 3.12. The first kappa shape index (κ1) is 26.8. The van der Waals surface area contributed by atoms with E-state index in [1.807, 2.05) is 39.0 Å². The summed E-state index contributed by atoms with van der Waals surface area (Å²) in [5, 5.41) is 4.80. The van der Waals surface area contributed by atoms with Crippen molar-refractivity contribution in [2.45, 2.75) is 58.0 Å². The Morgan fingerprint density at radius 1 is 1.00 bits per heavy atom. The normalized spacial score (nSPS) is 12.8. The van der Waals surface area contributed by atoms with Crippen LogP contribution in [0.2, 0.25) is 15.1 Å². The number of thioether (sulfide) groups is 1. The molecule has 2 aromatic rings. The molecule has 0 saturated heterocycles. The number of hydrogen-bond donors (Lipinski definition) is 1. The number of nitrogens with one attached hydrogen (secondary N) is 1. The minimum atomic E-state index is -0.549.